The van der Waals surface area contributed by atoms with Gasteiger partial charge in [0.25, 0.3) is 0 Å². The van der Waals surface area contributed by atoms with Crippen molar-refractivity contribution in [2.45, 2.75) is 37.9 Å². The van der Waals surface area contributed by atoms with Crippen molar-refractivity contribution in [2.75, 3.05) is 19.8 Å². The SMILES string of the molecule is Brc1ccc(CNC2CCCC2C2COCCN2)s1.Cl. The molecule has 3 rings (SSSR count). The Morgan fingerprint density at radius 3 is 3.00 bits per heavy atom. The van der Waals surface area contributed by atoms with Crippen LogP contribution in [0.25, 0.3) is 0 Å². The molecule has 1 aliphatic carbocycles. The van der Waals surface area contributed by atoms with E-state index in [1.54, 1.807) is 0 Å². The predicted octanol–water partition coefficient (Wildman–Crippen LogP) is 3.18. The highest BCUT2D eigenvalue weighted by molar-refractivity contribution is 9.11. The Morgan fingerprint density at radius 1 is 1.40 bits per heavy atom. The first-order valence-electron chi connectivity index (χ1n) is 7.11. The molecule has 2 heterocycles. The zero-order valence-electron chi connectivity index (χ0n) is 11.4. The molecule has 0 amide bonds. The number of rotatable bonds is 4. The van der Waals surface area contributed by atoms with E-state index in [4.69, 9.17) is 4.74 Å². The van der Waals surface area contributed by atoms with Crippen LogP contribution in [0.1, 0.15) is 24.1 Å². The van der Waals surface area contributed by atoms with Crippen LogP contribution >= 0.6 is 39.7 Å². The Labute approximate surface area is 139 Å². The van der Waals surface area contributed by atoms with Crippen molar-refractivity contribution in [3.05, 3.63) is 20.8 Å². The summed E-state index contributed by atoms with van der Waals surface area (Å²) in [5.41, 5.74) is 0. The van der Waals surface area contributed by atoms with E-state index in [1.807, 2.05) is 11.3 Å². The molecule has 1 saturated heterocycles. The molecule has 1 saturated carbocycles. The van der Waals surface area contributed by atoms with Gasteiger partial charge in [-0.25, -0.2) is 0 Å². The zero-order chi connectivity index (χ0) is 13.1. The van der Waals surface area contributed by atoms with E-state index in [0.29, 0.717) is 12.1 Å². The molecule has 1 aromatic rings. The van der Waals surface area contributed by atoms with Crippen LogP contribution in [-0.2, 0) is 11.3 Å². The molecule has 0 bridgehead atoms. The van der Waals surface area contributed by atoms with Gasteiger partial charge in [0.15, 0.2) is 0 Å². The zero-order valence-corrected chi connectivity index (χ0v) is 14.7. The van der Waals surface area contributed by atoms with Crippen LogP contribution in [0.15, 0.2) is 15.9 Å². The summed E-state index contributed by atoms with van der Waals surface area (Å²) in [5, 5.41) is 7.38. The second-order valence-corrected chi connectivity index (χ2v) is 7.97. The largest absolute Gasteiger partial charge is 0.379 e. The lowest BCUT2D eigenvalue weighted by atomic mass is 9.94. The summed E-state index contributed by atoms with van der Waals surface area (Å²) in [6, 6.07) is 5.52. The molecular weight excluding hydrogens is 360 g/mol. The van der Waals surface area contributed by atoms with Crippen LogP contribution in [0.2, 0.25) is 0 Å². The fraction of sp³-hybridized carbons (Fsp3) is 0.714. The first-order chi connectivity index (χ1) is 9.33. The molecule has 3 nitrogen and oxygen atoms in total. The van der Waals surface area contributed by atoms with E-state index in [-0.39, 0.29) is 12.4 Å². The highest BCUT2D eigenvalue weighted by atomic mass is 79.9. The molecule has 114 valence electrons. The number of hydrogen-bond acceptors (Lipinski definition) is 4. The molecule has 1 aliphatic heterocycles. The maximum atomic E-state index is 5.61. The number of halogens is 2. The van der Waals surface area contributed by atoms with E-state index in [0.717, 1.165) is 32.2 Å². The molecule has 2 fully saturated rings. The third kappa shape index (κ3) is 4.18. The van der Waals surface area contributed by atoms with Gasteiger partial charge in [-0.05, 0) is 46.8 Å². The van der Waals surface area contributed by atoms with Gasteiger partial charge >= 0.3 is 0 Å². The Balaban J connectivity index is 0.00000147. The first kappa shape index (κ1) is 16.7. The van der Waals surface area contributed by atoms with Crippen molar-refractivity contribution in [1.82, 2.24) is 10.6 Å². The lowest BCUT2D eigenvalue weighted by molar-refractivity contribution is 0.0524. The molecule has 20 heavy (non-hydrogen) atoms. The van der Waals surface area contributed by atoms with Crippen LogP contribution in [0.3, 0.4) is 0 Å². The second kappa shape index (κ2) is 8.11. The Bertz CT molecular complexity index is 412. The van der Waals surface area contributed by atoms with Crippen LogP contribution in [-0.4, -0.2) is 31.8 Å². The molecule has 0 aromatic carbocycles. The maximum absolute atomic E-state index is 5.61. The lowest BCUT2D eigenvalue weighted by Gasteiger charge is -2.33. The van der Waals surface area contributed by atoms with Gasteiger partial charge in [-0.1, -0.05) is 6.42 Å². The number of ether oxygens (including phenoxy) is 1. The fourth-order valence-electron chi connectivity index (χ4n) is 3.26. The summed E-state index contributed by atoms with van der Waals surface area (Å²) in [4.78, 5) is 1.41. The van der Waals surface area contributed by atoms with Crippen molar-refractivity contribution in [3.8, 4) is 0 Å². The molecule has 2 aliphatic rings. The van der Waals surface area contributed by atoms with E-state index in [1.165, 1.54) is 27.9 Å². The maximum Gasteiger partial charge on any atom is 0.0701 e. The summed E-state index contributed by atoms with van der Waals surface area (Å²) in [7, 11) is 0. The van der Waals surface area contributed by atoms with Crippen molar-refractivity contribution < 1.29 is 4.74 Å². The van der Waals surface area contributed by atoms with E-state index in [9.17, 15) is 0 Å². The van der Waals surface area contributed by atoms with Gasteiger partial charge in [-0.15, -0.1) is 23.7 Å². The van der Waals surface area contributed by atoms with Crippen molar-refractivity contribution in [2.24, 2.45) is 5.92 Å². The number of nitrogens with one attached hydrogen (secondary N) is 2. The average molecular weight is 382 g/mol. The number of hydrogen-bond donors (Lipinski definition) is 2. The Morgan fingerprint density at radius 2 is 2.30 bits per heavy atom. The van der Waals surface area contributed by atoms with Crippen molar-refractivity contribution in [1.29, 1.82) is 0 Å². The van der Waals surface area contributed by atoms with Crippen molar-refractivity contribution in [3.63, 3.8) is 0 Å². The van der Waals surface area contributed by atoms with E-state index >= 15 is 0 Å². The normalized spacial score (nSPS) is 30.1. The van der Waals surface area contributed by atoms with Crippen LogP contribution in [0.4, 0.5) is 0 Å². The third-order valence-corrected chi connectivity index (χ3v) is 5.83. The standard InChI is InChI=1S/C14H21BrN2OS.ClH/c15-14-5-4-10(19-14)8-17-12-3-1-2-11(12)13-9-18-7-6-16-13;/h4-5,11-13,16-17H,1-3,6-9H2;1H. The molecule has 3 atom stereocenters. The van der Waals surface area contributed by atoms with Crippen molar-refractivity contribution >= 4 is 39.7 Å². The fourth-order valence-corrected chi connectivity index (χ4v) is 4.70. The molecule has 1 aromatic heterocycles. The summed E-state index contributed by atoms with van der Waals surface area (Å²) in [6.45, 7) is 3.74. The molecule has 2 N–H and O–H groups in total. The van der Waals surface area contributed by atoms with Gasteiger partial charge in [-0.3, -0.25) is 0 Å². The monoisotopic (exact) mass is 380 g/mol. The third-order valence-electron chi connectivity index (χ3n) is 4.20. The molecular formula is C14H22BrClN2OS. The quantitative estimate of drug-likeness (QED) is 0.840. The molecule has 3 unspecified atom stereocenters. The summed E-state index contributed by atoms with van der Waals surface area (Å²) in [5.74, 6) is 0.726. The van der Waals surface area contributed by atoms with E-state index in [2.05, 4.69) is 38.7 Å². The first-order valence-corrected chi connectivity index (χ1v) is 8.72. The highest BCUT2D eigenvalue weighted by Gasteiger charge is 2.34. The van der Waals surface area contributed by atoms with Crippen LogP contribution < -0.4 is 10.6 Å². The van der Waals surface area contributed by atoms with Gasteiger partial charge in [0.1, 0.15) is 0 Å². The lowest BCUT2D eigenvalue weighted by Crippen LogP contribution is -2.50. The molecule has 0 spiro atoms. The minimum absolute atomic E-state index is 0. The summed E-state index contributed by atoms with van der Waals surface area (Å²) < 4.78 is 6.83. The molecule has 6 heteroatoms. The summed E-state index contributed by atoms with van der Waals surface area (Å²) >= 11 is 5.35. The van der Waals surface area contributed by atoms with Gasteiger partial charge in [0, 0.05) is 30.1 Å². The van der Waals surface area contributed by atoms with Gasteiger partial charge in [0.2, 0.25) is 0 Å². The highest BCUT2D eigenvalue weighted by Crippen LogP contribution is 2.30. The van der Waals surface area contributed by atoms with Gasteiger partial charge in [0.05, 0.1) is 17.0 Å². The number of morpholine rings is 1. The predicted molar refractivity (Wildman–Crippen MR) is 89.8 cm³/mol. The summed E-state index contributed by atoms with van der Waals surface area (Å²) in [6.07, 6.45) is 3.97. The minimum atomic E-state index is 0. The minimum Gasteiger partial charge on any atom is -0.379 e. The Hall–Kier alpha value is 0.350. The van der Waals surface area contributed by atoms with Gasteiger partial charge in [-0.2, -0.15) is 0 Å². The number of thiophene rings is 1. The van der Waals surface area contributed by atoms with Crippen LogP contribution in [0, 0.1) is 5.92 Å². The topological polar surface area (TPSA) is 33.3 Å². The average Bonchev–Trinajstić information content (AvgIpc) is 3.06. The van der Waals surface area contributed by atoms with Gasteiger partial charge < -0.3 is 15.4 Å². The molecule has 0 radical (unpaired) electrons. The second-order valence-electron chi connectivity index (χ2n) is 5.42. The smallest absolute Gasteiger partial charge is 0.0701 e. The Kier molecular flexibility index (Phi) is 6.78. The van der Waals surface area contributed by atoms with E-state index < -0.39 is 0 Å². The van der Waals surface area contributed by atoms with Crippen LogP contribution in [0.5, 0.6) is 0 Å².